The highest BCUT2D eigenvalue weighted by molar-refractivity contribution is 4.91. The van der Waals surface area contributed by atoms with Crippen molar-refractivity contribution in [3.8, 4) is 0 Å². The number of aryl methyl sites for hydroxylation is 1. The van der Waals surface area contributed by atoms with Gasteiger partial charge in [-0.15, -0.1) is 0 Å². The Bertz CT molecular complexity index is 280. The van der Waals surface area contributed by atoms with Crippen molar-refractivity contribution in [3.63, 3.8) is 0 Å². The molecule has 86 valence electrons. The van der Waals surface area contributed by atoms with E-state index in [9.17, 15) is 0 Å². The van der Waals surface area contributed by atoms with Crippen LogP contribution in [0.25, 0.3) is 0 Å². The number of rotatable bonds is 6. The van der Waals surface area contributed by atoms with E-state index in [0.717, 1.165) is 25.3 Å². The summed E-state index contributed by atoms with van der Waals surface area (Å²) < 4.78 is 2.07. The summed E-state index contributed by atoms with van der Waals surface area (Å²) in [6.45, 7) is 4.26. The molecule has 1 rings (SSSR count). The predicted octanol–water partition coefficient (Wildman–Crippen LogP) is 0.502. The molecule has 0 aliphatic heterocycles. The molecule has 0 aromatic carbocycles. The molecule has 0 fully saturated rings. The normalized spacial score (nSPS) is 13.4. The van der Waals surface area contributed by atoms with Gasteiger partial charge in [-0.2, -0.15) is 0 Å². The van der Waals surface area contributed by atoms with Gasteiger partial charge in [0.1, 0.15) is 5.82 Å². The second kappa shape index (κ2) is 5.88. The lowest BCUT2D eigenvalue weighted by atomic mass is 10.3. The monoisotopic (exact) mass is 210 g/mol. The highest BCUT2D eigenvalue weighted by Gasteiger charge is 2.03. The lowest BCUT2D eigenvalue weighted by molar-refractivity contribution is 0.350. The van der Waals surface area contributed by atoms with Crippen LogP contribution < -0.4 is 5.32 Å². The maximum atomic E-state index is 4.29. The van der Waals surface area contributed by atoms with Crippen LogP contribution in [-0.2, 0) is 13.5 Å². The smallest absolute Gasteiger partial charge is 0.109 e. The van der Waals surface area contributed by atoms with Gasteiger partial charge in [0, 0.05) is 45.0 Å². The highest BCUT2D eigenvalue weighted by Crippen LogP contribution is 1.94. The Morgan fingerprint density at radius 3 is 2.80 bits per heavy atom. The van der Waals surface area contributed by atoms with Gasteiger partial charge in [-0.05, 0) is 21.0 Å². The fraction of sp³-hybridized carbons (Fsp3) is 0.727. The Kier molecular flexibility index (Phi) is 4.78. The maximum Gasteiger partial charge on any atom is 0.109 e. The molecule has 15 heavy (non-hydrogen) atoms. The van der Waals surface area contributed by atoms with Gasteiger partial charge in [-0.25, -0.2) is 4.98 Å². The second-order valence-corrected chi connectivity index (χ2v) is 4.32. The Labute approximate surface area is 92.3 Å². The molecule has 1 unspecified atom stereocenters. The van der Waals surface area contributed by atoms with Crippen molar-refractivity contribution in [2.75, 3.05) is 27.2 Å². The van der Waals surface area contributed by atoms with E-state index < -0.39 is 0 Å². The van der Waals surface area contributed by atoms with Crippen LogP contribution in [0.1, 0.15) is 12.7 Å². The molecule has 1 heterocycles. The molecule has 0 saturated heterocycles. The van der Waals surface area contributed by atoms with Gasteiger partial charge < -0.3 is 14.8 Å². The quantitative estimate of drug-likeness (QED) is 0.742. The van der Waals surface area contributed by atoms with E-state index in [0.29, 0.717) is 6.04 Å². The summed E-state index contributed by atoms with van der Waals surface area (Å²) >= 11 is 0. The minimum Gasteiger partial charge on any atom is -0.338 e. The largest absolute Gasteiger partial charge is 0.338 e. The molecule has 0 aliphatic carbocycles. The van der Waals surface area contributed by atoms with E-state index in [-0.39, 0.29) is 0 Å². The number of nitrogens with one attached hydrogen (secondary N) is 1. The van der Waals surface area contributed by atoms with Crippen LogP contribution in [-0.4, -0.2) is 47.7 Å². The van der Waals surface area contributed by atoms with Crippen LogP contribution in [0.3, 0.4) is 0 Å². The molecule has 1 aromatic rings. The van der Waals surface area contributed by atoms with E-state index in [2.05, 4.69) is 40.8 Å². The molecule has 4 heteroatoms. The maximum absolute atomic E-state index is 4.29. The number of aromatic nitrogens is 2. The summed E-state index contributed by atoms with van der Waals surface area (Å²) in [5.41, 5.74) is 0. The number of likely N-dealkylation sites (N-methyl/N-ethyl adjacent to an activating group) is 1. The van der Waals surface area contributed by atoms with Crippen molar-refractivity contribution in [1.29, 1.82) is 0 Å². The van der Waals surface area contributed by atoms with Gasteiger partial charge in [0.25, 0.3) is 0 Å². The van der Waals surface area contributed by atoms with Gasteiger partial charge in [0.05, 0.1) is 0 Å². The molecule has 0 spiro atoms. The van der Waals surface area contributed by atoms with Crippen molar-refractivity contribution in [1.82, 2.24) is 19.8 Å². The van der Waals surface area contributed by atoms with Crippen molar-refractivity contribution in [3.05, 3.63) is 18.2 Å². The summed E-state index contributed by atoms with van der Waals surface area (Å²) in [4.78, 5) is 6.48. The minimum absolute atomic E-state index is 0.528. The summed E-state index contributed by atoms with van der Waals surface area (Å²) in [6.07, 6.45) is 4.82. The Morgan fingerprint density at radius 2 is 2.27 bits per heavy atom. The Balaban J connectivity index is 2.19. The number of imidazole rings is 1. The molecule has 0 bridgehead atoms. The Morgan fingerprint density at radius 1 is 1.53 bits per heavy atom. The van der Waals surface area contributed by atoms with Gasteiger partial charge in [0.15, 0.2) is 0 Å². The Hall–Kier alpha value is -0.870. The molecule has 0 radical (unpaired) electrons. The lowest BCUT2D eigenvalue weighted by Gasteiger charge is -2.18. The number of hydrogen-bond acceptors (Lipinski definition) is 3. The van der Waals surface area contributed by atoms with Crippen LogP contribution in [0.4, 0.5) is 0 Å². The standard InChI is InChI=1S/C11H22N4/c1-10(9-14(2)3)12-6-5-11-13-7-8-15(11)4/h7-8,10,12H,5-6,9H2,1-4H3. The van der Waals surface area contributed by atoms with Crippen LogP contribution in [0.2, 0.25) is 0 Å². The average molecular weight is 210 g/mol. The van der Waals surface area contributed by atoms with Gasteiger partial charge in [-0.1, -0.05) is 0 Å². The molecule has 0 aliphatic rings. The first kappa shape index (κ1) is 12.2. The van der Waals surface area contributed by atoms with Crippen molar-refractivity contribution >= 4 is 0 Å². The topological polar surface area (TPSA) is 33.1 Å². The molecule has 4 nitrogen and oxygen atoms in total. The average Bonchev–Trinajstić information content (AvgIpc) is 2.50. The second-order valence-electron chi connectivity index (χ2n) is 4.32. The van der Waals surface area contributed by atoms with Crippen LogP contribution in [0.5, 0.6) is 0 Å². The zero-order chi connectivity index (χ0) is 11.3. The summed E-state index contributed by atoms with van der Waals surface area (Å²) in [6, 6.07) is 0.528. The molecular formula is C11H22N4. The van der Waals surface area contributed by atoms with Gasteiger partial charge in [0.2, 0.25) is 0 Å². The van der Waals surface area contributed by atoms with E-state index in [1.165, 1.54) is 0 Å². The van der Waals surface area contributed by atoms with Crippen LogP contribution >= 0.6 is 0 Å². The molecule has 1 aromatic heterocycles. The molecule has 0 saturated carbocycles. The highest BCUT2D eigenvalue weighted by atomic mass is 15.1. The third kappa shape index (κ3) is 4.44. The van der Waals surface area contributed by atoms with Crippen molar-refractivity contribution < 1.29 is 0 Å². The van der Waals surface area contributed by atoms with E-state index in [1.807, 2.05) is 19.4 Å². The van der Waals surface area contributed by atoms with Crippen molar-refractivity contribution in [2.45, 2.75) is 19.4 Å². The lowest BCUT2D eigenvalue weighted by Crippen LogP contribution is -2.37. The van der Waals surface area contributed by atoms with E-state index in [4.69, 9.17) is 0 Å². The van der Waals surface area contributed by atoms with Gasteiger partial charge >= 0.3 is 0 Å². The van der Waals surface area contributed by atoms with Crippen LogP contribution in [0.15, 0.2) is 12.4 Å². The molecular weight excluding hydrogens is 188 g/mol. The fourth-order valence-electron chi connectivity index (χ4n) is 1.68. The third-order valence-electron chi connectivity index (χ3n) is 2.40. The zero-order valence-electron chi connectivity index (χ0n) is 10.2. The fourth-order valence-corrected chi connectivity index (χ4v) is 1.68. The first-order chi connectivity index (χ1) is 7.09. The first-order valence-corrected chi connectivity index (χ1v) is 5.44. The third-order valence-corrected chi connectivity index (χ3v) is 2.40. The van der Waals surface area contributed by atoms with E-state index >= 15 is 0 Å². The molecule has 0 amide bonds. The van der Waals surface area contributed by atoms with Gasteiger partial charge in [-0.3, -0.25) is 0 Å². The number of hydrogen-bond donors (Lipinski definition) is 1. The summed E-state index contributed by atoms with van der Waals surface area (Å²) in [5, 5.41) is 3.48. The first-order valence-electron chi connectivity index (χ1n) is 5.44. The van der Waals surface area contributed by atoms with Crippen molar-refractivity contribution in [2.24, 2.45) is 7.05 Å². The summed E-state index contributed by atoms with van der Waals surface area (Å²) in [7, 11) is 6.22. The predicted molar refractivity (Wildman–Crippen MR) is 62.9 cm³/mol. The minimum atomic E-state index is 0.528. The van der Waals surface area contributed by atoms with Crippen LogP contribution in [0, 0.1) is 0 Å². The molecule has 1 atom stereocenters. The number of nitrogens with zero attached hydrogens (tertiary/aromatic N) is 3. The van der Waals surface area contributed by atoms with E-state index in [1.54, 1.807) is 0 Å². The molecule has 1 N–H and O–H groups in total. The summed E-state index contributed by atoms with van der Waals surface area (Å²) in [5.74, 6) is 1.14. The SMILES string of the molecule is CC(CN(C)C)NCCc1nccn1C. The zero-order valence-corrected chi connectivity index (χ0v) is 10.2.